The Hall–Kier alpha value is -2.97. The number of rotatable bonds is 6. The summed E-state index contributed by atoms with van der Waals surface area (Å²) in [6, 6.07) is 8.53. The van der Waals surface area contributed by atoms with E-state index in [1.54, 1.807) is 9.80 Å². The lowest BCUT2D eigenvalue weighted by Crippen LogP contribution is -2.60. The van der Waals surface area contributed by atoms with Crippen molar-refractivity contribution in [3.8, 4) is 0 Å². The minimum atomic E-state index is -1.26. The zero-order valence-corrected chi connectivity index (χ0v) is 23.7. The Morgan fingerprint density at radius 2 is 1.69 bits per heavy atom. The monoisotopic (exact) mass is 535 g/mol. The Labute approximate surface area is 231 Å². The van der Waals surface area contributed by atoms with E-state index >= 15 is 0 Å². The molecule has 5 atom stereocenters. The van der Waals surface area contributed by atoms with Crippen molar-refractivity contribution in [3.63, 3.8) is 0 Å². The van der Waals surface area contributed by atoms with Gasteiger partial charge in [-0.15, -0.1) is 0 Å². The van der Waals surface area contributed by atoms with Crippen molar-refractivity contribution in [2.45, 2.75) is 70.7 Å². The van der Waals surface area contributed by atoms with Gasteiger partial charge in [-0.25, -0.2) is 0 Å². The second kappa shape index (κ2) is 9.89. The standard InChI is InChI=1S/C31H41N3O5/c1-29(2,3)20-30(4,5)34-18-10-15-31-24(27(37)33(17-11-19-35)25(31)28(34)38)23-22(39-31)14-9-16-32(26(23)36)21-12-7-6-8-13-21/h6-10,12-15,22-25,35H,11,16-20H2,1-5H3/t22-,23+,24+,25?,31+/m1/s1. The van der Waals surface area contributed by atoms with Crippen LogP contribution in [0.3, 0.4) is 0 Å². The predicted molar refractivity (Wildman–Crippen MR) is 149 cm³/mol. The molecule has 1 N–H and O–H groups in total. The van der Waals surface area contributed by atoms with Gasteiger partial charge < -0.3 is 24.5 Å². The van der Waals surface area contributed by atoms with Gasteiger partial charge in [0.25, 0.3) is 0 Å². The number of hydrogen-bond donors (Lipinski definition) is 1. The van der Waals surface area contributed by atoms with E-state index in [4.69, 9.17) is 4.74 Å². The molecule has 1 aromatic rings. The van der Waals surface area contributed by atoms with Crippen LogP contribution in [0.1, 0.15) is 47.5 Å². The van der Waals surface area contributed by atoms with Gasteiger partial charge in [-0.05, 0) is 44.2 Å². The lowest BCUT2D eigenvalue weighted by molar-refractivity contribution is -0.151. The zero-order chi connectivity index (χ0) is 28.2. The molecule has 39 heavy (non-hydrogen) atoms. The number of hydrogen-bond acceptors (Lipinski definition) is 5. The second-order valence-corrected chi connectivity index (χ2v) is 13.1. The molecule has 3 amide bonds. The van der Waals surface area contributed by atoms with E-state index in [1.165, 1.54) is 0 Å². The summed E-state index contributed by atoms with van der Waals surface area (Å²) < 4.78 is 6.71. The summed E-state index contributed by atoms with van der Waals surface area (Å²) in [4.78, 5) is 48.0. The zero-order valence-electron chi connectivity index (χ0n) is 23.7. The third kappa shape index (κ3) is 4.61. The Morgan fingerprint density at radius 3 is 2.36 bits per heavy atom. The van der Waals surface area contributed by atoms with Crippen LogP contribution in [-0.2, 0) is 19.1 Å². The molecule has 8 heteroatoms. The van der Waals surface area contributed by atoms with E-state index in [1.807, 2.05) is 59.5 Å². The highest BCUT2D eigenvalue weighted by Gasteiger charge is 2.72. The molecule has 4 aliphatic rings. The van der Waals surface area contributed by atoms with Crippen LogP contribution in [0.2, 0.25) is 0 Å². The van der Waals surface area contributed by atoms with E-state index in [2.05, 4.69) is 34.6 Å². The lowest BCUT2D eigenvalue weighted by Gasteiger charge is -2.44. The number of aliphatic hydroxyl groups excluding tert-OH is 1. The fraction of sp³-hybridized carbons (Fsp3) is 0.581. The van der Waals surface area contributed by atoms with Gasteiger partial charge in [0.1, 0.15) is 11.6 Å². The fourth-order valence-electron chi connectivity index (χ4n) is 7.40. The van der Waals surface area contributed by atoms with Gasteiger partial charge >= 0.3 is 0 Å². The first kappa shape index (κ1) is 27.6. The number of carbonyl (C=O) groups excluding carboxylic acids is 3. The predicted octanol–water partition coefficient (Wildman–Crippen LogP) is 3.17. The van der Waals surface area contributed by atoms with Crippen molar-refractivity contribution < 1.29 is 24.2 Å². The molecule has 210 valence electrons. The third-order valence-electron chi connectivity index (χ3n) is 8.48. The number of para-hydroxylation sites is 1. The van der Waals surface area contributed by atoms with Crippen molar-refractivity contribution in [2.75, 3.05) is 31.1 Å². The molecule has 5 rings (SSSR count). The van der Waals surface area contributed by atoms with Crippen LogP contribution in [0.4, 0.5) is 5.69 Å². The van der Waals surface area contributed by atoms with E-state index in [9.17, 15) is 19.5 Å². The maximum absolute atomic E-state index is 14.5. The SMILES string of the molecule is CC(C)(C)CC(C)(C)N1CC=C[C@]23O[C@@H]4C=CCN(c5ccccc5)C(=O)[C@@H]4[C@H]2C(=O)N(CCCO)C3C1=O. The highest BCUT2D eigenvalue weighted by Crippen LogP contribution is 2.54. The number of amides is 3. The van der Waals surface area contributed by atoms with Gasteiger partial charge in [-0.2, -0.15) is 0 Å². The summed E-state index contributed by atoms with van der Waals surface area (Å²) >= 11 is 0. The summed E-state index contributed by atoms with van der Waals surface area (Å²) in [6.45, 7) is 11.5. The minimum absolute atomic E-state index is 0.0166. The Balaban J connectivity index is 1.58. The Morgan fingerprint density at radius 1 is 0.974 bits per heavy atom. The number of benzene rings is 1. The lowest BCUT2D eigenvalue weighted by atomic mass is 9.77. The van der Waals surface area contributed by atoms with Gasteiger partial charge in [0.15, 0.2) is 0 Å². The molecule has 1 unspecified atom stereocenters. The number of aliphatic hydroxyl groups is 1. The van der Waals surface area contributed by atoms with Crippen LogP contribution < -0.4 is 4.90 Å². The van der Waals surface area contributed by atoms with Crippen LogP contribution in [0.25, 0.3) is 0 Å². The molecule has 4 aliphatic heterocycles. The van der Waals surface area contributed by atoms with Crippen molar-refractivity contribution in [2.24, 2.45) is 17.3 Å². The molecule has 2 saturated heterocycles. The fourth-order valence-corrected chi connectivity index (χ4v) is 7.40. The normalized spacial score (nSPS) is 30.8. The first-order valence-electron chi connectivity index (χ1n) is 14.0. The largest absolute Gasteiger partial charge is 0.396 e. The van der Waals surface area contributed by atoms with E-state index in [0.717, 1.165) is 12.1 Å². The molecule has 1 spiro atoms. The maximum Gasteiger partial charge on any atom is 0.249 e. The molecule has 8 nitrogen and oxygen atoms in total. The van der Waals surface area contributed by atoms with Crippen LogP contribution in [0.15, 0.2) is 54.6 Å². The average Bonchev–Trinajstić information content (AvgIpc) is 3.16. The summed E-state index contributed by atoms with van der Waals surface area (Å²) in [6.07, 6.45) is 8.11. The number of anilines is 1. The van der Waals surface area contributed by atoms with Crippen molar-refractivity contribution in [3.05, 3.63) is 54.6 Å². The van der Waals surface area contributed by atoms with Crippen LogP contribution in [0, 0.1) is 17.3 Å². The van der Waals surface area contributed by atoms with Crippen molar-refractivity contribution >= 4 is 23.4 Å². The molecule has 2 fully saturated rings. The van der Waals surface area contributed by atoms with E-state index in [-0.39, 0.29) is 36.3 Å². The molecule has 0 aliphatic carbocycles. The maximum atomic E-state index is 14.5. The van der Waals surface area contributed by atoms with Gasteiger partial charge in [-0.3, -0.25) is 14.4 Å². The third-order valence-corrected chi connectivity index (χ3v) is 8.48. The summed E-state index contributed by atoms with van der Waals surface area (Å²) in [5.41, 5.74) is -0.990. The molecular weight excluding hydrogens is 494 g/mol. The highest BCUT2D eigenvalue weighted by molar-refractivity contribution is 6.03. The topological polar surface area (TPSA) is 90.4 Å². The Bertz CT molecular complexity index is 1190. The quantitative estimate of drug-likeness (QED) is 0.566. The number of likely N-dealkylation sites (tertiary alicyclic amines) is 1. The highest BCUT2D eigenvalue weighted by atomic mass is 16.5. The van der Waals surface area contributed by atoms with Gasteiger partial charge in [0, 0.05) is 37.5 Å². The number of fused-ring (bicyclic) bond motifs is 2. The summed E-state index contributed by atoms with van der Waals surface area (Å²) in [7, 11) is 0. The first-order valence-corrected chi connectivity index (χ1v) is 14.0. The smallest absolute Gasteiger partial charge is 0.249 e. The van der Waals surface area contributed by atoms with Crippen LogP contribution in [-0.4, -0.2) is 82.2 Å². The van der Waals surface area contributed by atoms with E-state index in [0.29, 0.717) is 19.5 Å². The summed E-state index contributed by atoms with van der Waals surface area (Å²) in [5, 5.41) is 9.62. The molecule has 0 bridgehead atoms. The molecule has 0 aromatic heterocycles. The number of nitrogens with zero attached hydrogens (tertiary/aromatic N) is 3. The summed E-state index contributed by atoms with van der Waals surface area (Å²) in [5.74, 6) is -2.20. The van der Waals surface area contributed by atoms with Gasteiger partial charge in [-0.1, -0.05) is 63.3 Å². The van der Waals surface area contributed by atoms with E-state index < -0.39 is 35.1 Å². The van der Waals surface area contributed by atoms with Gasteiger partial charge in [0.05, 0.1) is 17.9 Å². The second-order valence-electron chi connectivity index (χ2n) is 13.1. The first-order chi connectivity index (χ1) is 18.4. The molecule has 1 aromatic carbocycles. The molecule has 0 saturated carbocycles. The van der Waals surface area contributed by atoms with Crippen molar-refractivity contribution in [1.82, 2.24) is 9.80 Å². The molecule has 0 radical (unpaired) electrons. The van der Waals surface area contributed by atoms with Crippen LogP contribution >= 0.6 is 0 Å². The Kier molecular flexibility index (Phi) is 7.00. The molecule has 4 heterocycles. The van der Waals surface area contributed by atoms with Crippen LogP contribution in [0.5, 0.6) is 0 Å². The van der Waals surface area contributed by atoms with Crippen molar-refractivity contribution in [1.29, 1.82) is 0 Å². The number of carbonyl (C=O) groups is 3. The number of ether oxygens (including phenoxy) is 1. The minimum Gasteiger partial charge on any atom is -0.396 e. The average molecular weight is 536 g/mol. The van der Waals surface area contributed by atoms with Gasteiger partial charge in [0.2, 0.25) is 17.7 Å². The molecular formula is C31H41N3O5.